The number of fused-ring (bicyclic) bond motifs is 16. The highest BCUT2D eigenvalue weighted by Gasteiger charge is 2.31. The Morgan fingerprint density at radius 2 is 0.326 bits per heavy atom. The van der Waals surface area contributed by atoms with Crippen molar-refractivity contribution in [1.29, 1.82) is 0 Å². The zero-order chi connectivity index (χ0) is 31.0. The minimum Gasteiger partial charge on any atom is -0.303 e. The summed E-state index contributed by atoms with van der Waals surface area (Å²) in [4.78, 5) is 11.6. The molecule has 46 heavy (non-hydrogen) atoms. The van der Waals surface area contributed by atoms with E-state index in [0.717, 1.165) is 0 Å². The lowest BCUT2D eigenvalue weighted by atomic mass is 9.72. The van der Waals surface area contributed by atoms with Crippen molar-refractivity contribution in [2.24, 2.45) is 0 Å². The Hall–Kier alpha value is -1.20. The third-order valence-corrected chi connectivity index (χ3v) is 13.0. The van der Waals surface area contributed by atoms with Crippen molar-refractivity contribution in [3.63, 3.8) is 0 Å². The summed E-state index contributed by atoms with van der Waals surface area (Å²) in [6.45, 7) is 15.8. The van der Waals surface area contributed by atoms with Crippen LogP contribution in [0.2, 0.25) is 0 Å². The average Bonchev–Trinajstić information content (AvgIpc) is 3.06. The van der Waals surface area contributed by atoms with Gasteiger partial charge in [-0.15, -0.1) is 0 Å². The van der Waals surface area contributed by atoms with Gasteiger partial charge in [0.2, 0.25) is 0 Å². The molecule has 4 bridgehead atoms. The molecule has 0 saturated heterocycles. The number of nitrogens with zero attached hydrogens (tertiary/aromatic N) is 4. The molecule has 0 radical (unpaired) electrons. The molecule has 4 heterocycles. The van der Waals surface area contributed by atoms with Crippen LogP contribution in [0.1, 0.15) is 141 Å². The van der Waals surface area contributed by atoms with E-state index < -0.39 is 0 Å². The third kappa shape index (κ3) is 8.32. The summed E-state index contributed by atoms with van der Waals surface area (Å²) in [5.41, 5.74) is 14.8. The summed E-state index contributed by atoms with van der Waals surface area (Å²) < 4.78 is 0. The summed E-state index contributed by atoms with van der Waals surface area (Å²) in [6.07, 6.45) is 30.1. The van der Waals surface area contributed by atoms with Gasteiger partial charge in [-0.05, 0) is 252 Å². The Morgan fingerprint density at radius 3 is 0.500 bits per heavy atom. The van der Waals surface area contributed by atoms with E-state index in [1.807, 2.05) is 44.6 Å². The lowest BCUT2D eigenvalue weighted by Crippen LogP contribution is -2.30. The fraction of sp³-hybridized carbons (Fsp3) is 0.810. The molecule has 0 aromatic rings. The van der Waals surface area contributed by atoms with Crippen LogP contribution in [-0.4, -0.2) is 98.1 Å². The van der Waals surface area contributed by atoms with Gasteiger partial charge in [0.05, 0.1) is 0 Å². The van der Waals surface area contributed by atoms with Gasteiger partial charge in [-0.1, -0.05) is 12.8 Å². The van der Waals surface area contributed by atoms with Gasteiger partial charge in [0, 0.05) is 0 Å². The van der Waals surface area contributed by atoms with E-state index in [0.29, 0.717) is 0 Å². The van der Waals surface area contributed by atoms with Gasteiger partial charge in [0.1, 0.15) is 0 Å². The fourth-order valence-corrected chi connectivity index (χ4v) is 10.6. The fourth-order valence-electron chi connectivity index (χ4n) is 10.6. The van der Waals surface area contributed by atoms with E-state index in [1.54, 1.807) is 0 Å². The molecular weight excluding hydrogens is 560 g/mol. The predicted octanol–water partition coefficient (Wildman–Crippen LogP) is 9.06. The van der Waals surface area contributed by atoms with Crippen molar-refractivity contribution < 1.29 is 0 Å². The van der Waals surface area contributed by atoms with Crippen LogP contribution in [0.25, 0.3) is 0 Å². The summed E-state index contributed by atoms with van der Waals surface area (Å²) >= 11 is 0. The Morgan fingerprint density at radius 1 is 0.174 bits per heavy atom. The van der Waals surface area contributed by atoms with E-state index >= 15 is 0 Å². The standard InChI is InChI=1S/C42H68N4/c1-3-23-43-27-7-15-35-37-17-9-29-44(24-4-1)30-10-18-38-36(16-8-28-43)40-20-12-32-45-25-5-2-6-26-46(34-14-22-42(38)40)33-13-21-41(37)39(35)19-11-31-45/h1-34H2. The largest absolute Gasteiger partial charge is 0.303 e. The molecule has 0 fully saturated rings. The quantitative estimate of drug-likeness (QED) is 0.265. The molecule has 0 amide bonds. The van der Waals surface area contributed by atoms with Gasteiger partial charge < -0.3 is 19.6 Å². The van der Waals surface area contributed by atoms with Crippen LogP contribution in [0.5, 0.6) is 0 Å². The second kappa shape index (κ2) is 17.0. The minimum absolute atomic E-state index is 1.31. The Labute approximate surface area is 283 Å². The van der Waals surface area contributed by atoms with Crippen molar-refractivity contribution >= 4 is 0 Å². The number of allylic oxidation sites excluding steroid dienone is 8. The van der Waals surface area contributed by atoms with Crippen LogP contribution in [0.4, 0.5) is 0 Å². The van der Waals surface area contributed by atoms with Crippen molar-refractivity contribution in [2.45, 2.75) is 141 Å². The first-order valence-electron chi connectivity index (χ1n) is 20.6. The van der Waals surface area contributed by atoms with Crippen molar-refractivity contribution in [3.8, 4) is 0 Å². The van der Waals surface area contributed by atoms with Crippen molar-refractivity contribution in [1.82, 2.24) is 19.6 Å². The maximum atomic E-state index is 2.90. The second-order valence-corrected chi connectivity index (χ2v) is 16.1. The van der Waals surface area contributed by atoms with E-state index in [-0.39, 0.29) is 0 Å². The molecular formula is C42H68N4. The molecule has 256 valence electrons. The first kappa shape index (κ1) is 33.3. The molecule has 4 aliphatic heterocycles. The van der Waals surface area contributed by atoms with Crippen molar-refractivity contribution in [3.05, 3.63) is 44.6 Å². The minimum atomic E-state index is 1.31. The molecule has 2 aliphatic carbocycles. The number of hydrogen-bond acceptors (Lipinski definition) is 4. The van der Waals surface area contributed by atoms with Crippen molar-refractivity contribution in [2.75, 3.05) is 78.5 Å². The SMILES string of the molecule is C1CCN2CCCC3=C4CCCN(CC1)CCCC1=C(CCC2)C2=C1CCCN1CCCCCN(CCCC3=C4CCC1)CCC2. The van der Waals surface area contributed by atoms with Gasteiger partial charge >= 0.3 is 0 Å². The molecule has 0 N–H and O–H groups in total. The highest BCUT2D eigenvalue weighted by Crippen LogP contribution is 2.47. The summed E-state index contributed by atoms with van der Waals surface area (Å²) in [7, 11) is 0. The summed E-state index contributed by atoms with van der Waals surface area (Å²) in [5.74, 6) is 0. The first-order valence-corrected chi connectivity index (χ1v) is 20.6. The van der Waals surface area contributed by atoms with Crippen LogP contribution in [0.15, 0.2) is 44.6 Å². The molecule has 4 heteroatoms. The Kier molecular flexibility index (Phi) is 12.3. The average molecular weight is 629 g/mol. The van der Waals surface area contributed by atoms with Gasteiger partial charge in [-0.2, -0.15) is 0 Å². The van der Waals surface area contributed by atoms with Crippen LogP contribution in [-0.2, 0) is 0 Å². The molecule has 0 unspecified atom stereocenters. The van der Waals surface area contributed by atoms with E-state index in [4.69, 9.17) is 0 Å². The summed E-state index contributed by atoms with van der Waals surface area (Å²) in [5, 5.41) is 0. The summed E-state index contributed by atoms with van der Waals surface area (Å²) in [6, 6.07) is 0. The lowest BCUT2D eigenvalue weighted by molar-refractivity contribution is 0.245. The topological polar surface area (TPSA) is 13.0 Å². The van der Waals surface area contributed by atoms with Crippen LogP contribution in [0.3, 0.4) is 0 Å². The zero-order valence-electron chi connectivity index (χ0n) is 29.8. The molecule has 6 rings (SSSR count). The monoisotopic (exact) mass is 629 g/mol. The van der Waals surface area contributed by atoms with E-state index in [2.05, 4.69) is 19.6 Å². The Balaban J connectivity index is 1.27. The Bertz CT molecular complexity index is 884. The maximum Gasteiger partial charge on any atom is -0.00156 e. The van der Waals surface area contributed by atoms with Gasteiger partial charge in [0.15, 0.2) is 0 Å². The van der Waals surface area contributed by atoms with Gasteiger partial charge in [-0.3, -0.25) is 0 Å². The lowest BCUT2D eigenvalue weighted by Gasteiger charge is -2.36. The number of rotatable bonds is 0. The second-order valence-electron chi connectivity index (χ2n) is 16.1. The molecule has 4 nitrogen and oxygen atoms in total. The number of hydrogen-bond donors (Lipinski definition) is 0. The zero-order valence-corrected chi connectivity index (χ0v) is 29.8. The van der Waals surface area contributed by atoms with Crippen LogP contribution < -0.4 is 0 Å². The molecule has 0 spiro atoms. The molecule has 0 saturated carbocycles. The van der Waals surface area contributed by atoms with Crippen LogP contribution >= 0.6 is 0 Å². The van der Waals surface area contributed by atoms with Crippen LogP contribution in [0, 0.1) is 0 Å². The van der Waals surface area contributed by atoms with Gasteiger partial charge in [0.25, 0.3) is 0 Å². The van der Waals surface area contributed by atoms with Gasteiger partial charge in [-0.25, -0.2) is 0 Å². The predicted molar refractivity (Wildman–Crippen MR) is 195 cm³/mol. The smallest absolute Gasteiger partial charge is 0.00156 e. The normalized spacial score (nSPS) is 33.4. The molecule has 0 atom stereocenters. The highest BCUT2D eigenvalue weighted by atomic mass is 15.1. The maximum absolute atomic E-state index is 2.90. The first-order chi connectivity index (χ1) is 22.8. The molecule has 0 aromatic heterocycles. The highest BCUT2D eigenvalue weighted by molar-refractivity contribution is 5.60. The van der Waals surface area contributed by atoms with E-state index in [1.165, 1.54) is 220 Å². The molecule has 0 aromatic carbocycles. The van der Waals surface area contributed by atoms with E-state index in [9.17, 15) is 0 Å². The molecule has 6 aliphatic rings. The third-order valence-electron chi connectivity index (χ3n) is 13.0.